The van der Waals surface area contributed by atoms with Crippen molar-refractivity contribution < 1.29 is 4.79 Å². The van der Waals surface area contributed by atoms with Crippen molar-refractivity contribution >= 4 is 5.78 Å². The minimum Gasteiger partial charge on any atom is -0.298 e. The fraction of sp³-hybridized carbons (Fsp3) is 0.533. The van der Waals surface area contributed by atoms with Crippen LogP contribution in [0.1, 0.15) is 26.3 Å². The molecule has 0 aliphatic carbocycles. The maximum absolute atomic E-state index is 12.1. The smallest absolute Gasteiger partial charge is 0.154 e. The zero-order valence-corrected chi connectivity index (χ0v) is 10.9. The van der Waals surface area contributed by atoms with Gasteiger partial charge in [-0.3, -0.25) is 9.69 Å². The van der Waals surface area contributed by atoms with Gasteiger partial charge in [0.25, 0.3) is 0 Å². The van der Waals surface area contributed by atoms with E-state index in [-0.39, 0.29) is 12.0 Å². The molecule has 0 spiro atoms. The van der Waals surface area contributed by atoms with Gasteiger partial charge in [0.15, 0.2) is 5.78 Å². The summed E-state index contributed by atoms with van der Waals surface area (Å²) in [6, 6.07) is 10.5. The molecule has 1 heterocycles. The lowest BCUT2D eigenvalue weighted by molar-refractivity contribution is -0.123. The van der Waals surface area contributed by atoms with Crippen LogP contribution in [0.4, 0.5) is 0 Å². The highest BCUT2D eigenvalue weighted by molar-refractivity contribution is 5.88. The number of hydrogen-bond donors (Lipinski definition) is 0. The molecule has 2 rings (SSSR count). The molecule has 17 heavy (non-hydrogen) atoms. The molecule has 1 aromatic rings. The van der Waals surface area contributed by atoms with Crippen molar-refractivity contribution in [2.75, 3.05) is 6.54 Å². The number of rotatable bonds is 3. The number of ketones is 1. The Labute approximate surface area is 104 Å². The summed E-state index contributed by atoms with van der Waals surface area (Å²) in [4.78, 5) is 14.4. The first-order chi connectivity index (χ1) is 8.09. The van der Waals surface area contributed by atoms with Gasteiger partial charge in [-0.1, -0.05) is 51.1 Å². The van der Waals surface area contributed by atoms with Crippen molar-refractivity contribution in [3.63, 3.8) is 0 Å². The van der Waals surface area contributed by atoms with E-state index in [1.54, 1.807) is 0 Å². The largest absolute Gasteiger partial charge is 0.298 e. The molecule has 0 saturated carbocycles. The fourth-order valence-corrected chi connectivity index (χ4v) is 2.76. The third kappa shape index (κ3) is 2.58. The minimum atomic E-state index is 0.102. The van der Waals surface area contributed by atoms with E-state index in [4.69, 9.17) is 0 Å². The zero-order valence-electron chi connectivity index (χ0n) is 10.9. The third-order valence-electron chi connectivity index (χ3n) is 3.54. The quantitative estimate of drug-likeness (QED) is 0.797. The van der Waals surface area contributed by atoms with Gasteiger partial charge >= 0.3 is 0 Å². The van der Waals surface area contributed by atoms with Gasteiger partial charge in [-0.15, -0.1) is 0 Å². The number of carbonyl (C=O) groups is 1. The predicted molar refractivity (Wildman–Crippen MR) is 69.6 cm³/mol. The lowest BCUT2D eigenvalue weighted by atomic mass is 9.97. The average molecular weight is 231 g/mol. The van der Waals surface area contributed by atoms with E-state index >= 15 is 0 Å². The summed E-state index contributed by atoms with van der Waals surface area (Å²) in [6.45, 7) is 8.11. The molecule has 1 fully saturated rings. The van der Waals surface area contributed by atoms with Crippen LogP contribution in [0.15, 0.2) is 30.3 Å². The van der Waals surface area contributed by atoms with Gasteiger partial charge in [0.2, 0.25) is 0 Å². The van der Waals surface area contributed by atoms with Gasteiger partial charge in [-0.25, -0.2) is 0 Å². The SMILES string of the molecule is CC1CN(Cc2ccccc2)C(C(C)C)C1=O. The Hall–Kier alpha value is -1.15. The summed E-state index contributed by atoms with van der Waals surface area (Å²) in [5.74, 6) is 0.998. The molecule has 2 unspecified atom stereocenters. The van der Waals surface area contributed by atoms with Crippen LogP contribution in [-0.4, -0.2) is 23.3 Å². The second-order valence-corrected chi connectivity index (χ2v) is 5.41. The van der Waals surface area contributed by atoms with Crippen LogP contribution >= 0.6 is 0 Å². The lowest BCUT2D eigenvalue weighted by Crippen LogP contribution is -2.36. The van der Waals surface area contributed by atoms with E-state index < -0.39 is 0 Å². The van der Waals surface area contributed by atoms with Crippen LogP contribution in [0.3, 0.4) is 0 Å². The van der Waals surface area contributed by atoms with Gasteiger partial charge < -0.3 is 0 Å². The van der Waals surface area contributed by atoms with Crippen LogP contribution in [0.2, 0.25) is 0 Å². The molecular weight excluding hydrogens is 210 g/mol. The first-order valence-electron chi connectivity index (χ1n) is 6.41. The Bertz CT molecular complexity index is 385. The first-order valence-corrected chi connectivity index (χ1v) is 6.41. The highest BCUT2D eigenvalue weighted by Crippen LogP contribution is 2.26. The lowest BCUT2D eigenvalue weighted by Gasteiger charge is -2.26. The summed E-state index contributed by atoms with van der Waals surface area (Å²) < 4.78 is 0. The van der Waals surface area contributed by atoms with Gasteiger partial charge in [0.05, 0.1) is 6.04 Å². The Morgan fingerprint density at radius 1 is 1.29 bits per heavy atom. The number of Topliss-reactive ketones (excluding diaryl/α,β-unsaturated/α-hetero) is 1. The maximum atomic E-state index is 12.1. The standard InChI is InChI=1S/C15H21NO/c1-11(2)14-15(17)12(3)9-16(14)10-13-7-5-4-6-8-13/h4-8,11-12,14H,9-10H2,1-3H3. The Balaban J connectivity index is 2.13. The number of hydrogen-bond acceptors (Lipinski definition) is 2. The zero-order chi connectivity index (χ0) is 12.4. The second-order valence-electron chi connectivity index (χ2n) is 5.41. The molecule has 0 N–H and O–H groups in total. The molecule has 1 aliphatic heterocycles. The summed E-state index contributed by atoms with van der Waals surface area (Å²) >= 11 is 0. The van der Waals surface area contributed by atoms with Gasteiger partial charge in [-0.2, -0.15) is 0 Å². The fourth-order valence-electron chi connectivity index (χ4n) is 2.76. The van der Waals surface area contributed by atoms with Crippen molar-refractivity contribution in [2.45, 2.75) is 33.4 Å². The molecule has 92 valence electrons. The molecule has 2 nitrogen and oxygen atoms in total. The van der Waals surface area contributed by atoms with Gasteiger partial charge in [0.1, 0.15) is 0 Å². The van der Waals surface area contributed by atoms with Crippen LogP contribution < -0.4 is 0 Å². The predicted octanol–water partition coefficient (Wildman–Crippen LogP) is 2.73. The number of nitrogens with zero attached hydrogens (tertiary/aromatic N) is 1. The van der Waals surface area contributed by atoms with E-state index in [2.05, 4.69) is 43.0 Å². The molecule has 2 heteroatoms. The van der Waals surface area contributed by atoms with Crippen molar-refractivity contribution in [1.29, 1.82) is 0 Å². The van der Waals surface area contributed by atoms with E-state index in [1.165, 1.54) is 5.56 Å². The molecular formula is C15H21NO. The highest BCUT2D eigenvalue weighted by atomic mass is 16.1. The van der Waals surface area contributed by atoms with E-state index in [1.807, 2.05) is 13.0 Å². The molecule has 0 radical (unpaired) electrons. The summed E-state index contributed by atoms with van der Waals surface area (Å²) in [6.07, 6.45) is 0. The first kappa shape index (κ1) is 12.3. The van der Waals surface area contributed by atoms with Crippen LogP contribution in [0.25, 0.3) is 0 Å². The molecule has 0 bridgehead atoms. The summed E-state index contributed by atoms with van der Waals surface area (Å²) in [5.41, 5.74) is 1.29. The van der Waals surface area contributed by atoms with Crippen molar-refractivity contribution in [1.82, 2.24) is 4.90 Å². The number of carbonyl (C=O) groups excluding carboxylic acids is 1. The number of benzene rings is 1. The Morgan fingerprint density at radius 3 is 2.53 bits per heavy atom. The average Bonchev–Trinajstić information content (AvgIpc) is 2.56. The minimum absolute atomic E-state index is 0.102. The maximum Gasteiger partial charge on any atom is 0.154 e. The van der Waals surface area contributed by atoms with E-state index in [0.29, 0.717) is 11.7 Å². The summed E-state index contributed by atoms with van der Waals surface area (Å²) in [5, 5.41) is 0. The number of likely N-dealkylation sites (tertiary alicyclic amines) is 1. The Kier molecular flexibility index (Phi) is 3.63. The molecule has 1 aromatic carbocycles. The van der Waals surface area contributed by atoms with Gasteiger partial charge in [-0.05, 0) is 11.5 Å². The monoisotopic (exact) mass is 231 g/mol. The Morgan fingerprint density at radius 2 is 1.94 bits per heavy atom. The van der Waals surface area contributed by atoms with Gasteiger partial charge in [0, 0.05) is 19.0 Å². The molecule has 0 amide bonds. The topological polar surface area (TPSA) is 20.3 Å². The van der Waals surface area contributed by atoms with Crippen LogP contribution in [-0.2, 0) is 11.3 Å². The van der Waals surface area contributed by atoms with Crippen LogP contribution in [0, 0.1) is 11.8 Å². The van der Waals surface area contributed by atoms with Crippen molar-refractivity contribution in [3.05, 3.63) is 35.9 Å². The normalized spacial score (nSPS) is 25.8. The molecule has 1 aliphatic rings. The second kappa shape index (κ2) is 5.01. The van der Waals surface area contributed by atoms with Crippen molar-refractivity contribution in [2.24, 2.45) is 11.8 Å². The third-order valence-corrected chi connectivity index (χ3v) is 3.54. The molecule has 0 aromatic heterocycles. The summed E-state index contributed by atoms with van der Waals surface area (Å²) in [7, 11) is 0. The highest BCUT2D eigenvalue weighted by Gasteiger charge is 2.39. The molecule has 1 saturated heterocycles. The van der Waals surface area contributed by atoms with Crippen LogP contribution in [0.5, 0.6) is 0 Å². The molecule has 2 atom stereocenters. The van der Waals surface area contributed by atoms with E-state index in [0.717, 1.165) is 13.1 Å². The van der Waals surface area contributed by atoms with E-state index in [9.17, 15) is 4.79 Å². The van der Waals surface area contributed by atoms with Crippen molar-refractivity contribution in [3.8, 4) is 0 Å².